The van der Waals surface area contributed by atoms with Gasteiger partial charge in [-0.3, -0.25) is 4.79 Å². The van der Waals surface area contributed by atoms with Gasteiger partial charge in [-0.05, 0) is 31.5 Å². The SMILES string of the molecule is CS(=O)(=O)C1(C(=O)Nc2ncc(-c3ccccc3)s2)CCNCC1.Cl. The zero-order chi connectivity index (χ0) is 17.2. The first kappa shape index (κ1) is 19.8. The van der Waals surface area contributed by atoms with Crippen LogP contribution in [0.3, 0.4) is 0 Å². The molecule has 1 aliphatic rings. The highest BCUT2D eigenvalue weighted by Gasteiger charge is 2.48. The molecule has 0 unspecified atom stereocenters. The minimum atomic E-state index is -3.53. The van der Waals surface area contributed by atoms with Gasteiger partial charge >= 0.3 is 0 Å². The Labute approximate surface area is 157 Å². The van der Waals surface area contributed by atoms with E-state index in [1.165, 1.54) is 11.3 Å². The smallest absolute Gasteiger partial charge is 0.247 e. The van der Waals surface area contributed by atoms with Gasteiger partial charge in [0.25, 0.3) is 0 Å². The molecule has 2 N–H and O–H groups in total. The lowest BCUT2D eigenvalue weighted by atomic mass is 9.96. The van der Waals surface area contributed by atoms with Crippen molar-refractivity contribution in [2.45, 2.75) is 17.6 Å². The number of nitrogens with zero attached hydrogens (tertiary/aromatic N) is 1. The Bertz CT molecular complexity index is 831. The summed E-state index contributed by atoms with van der Waals surface area (Å²) in [6.45, 7) is 1.02. The van der Waals surface area contributed by atoms with Gasteiger partial charge in [0.2, 0.25) is 5.91 Å². The standard InChI is InChI=1S/C16H19N3O3S2.ClH/c1-24(21,22)16(7-9-17-10-8-16)14(20)19-15-18-11-13(23-15)12-5-3-2-4-6-12;/h2-6,11,17H,7-10H2,1H3,(H,18,19,20);1H. The van der Waals surface area contributed by atoms with Crippen LogP contribution in [0.15, 0.2) is 36.5 Å². The van der Waals surface area contributed by atoms with Crippen LogP contribution in [-0.4, -0.2) is 43.4 Å². The van der Waals surface area contributed by atoms with Crippen LogP contribution in [0.5, 0.6) is 0 Å². The Kier molecular flexibility index (Phi) is 6.21. The zero-order valence-electron chi connectivity index (χ0n) is 13.7. The van der Waals surface area contributed by atoms with Gasteiger partial charge in [-0.1, -0.05) is 41.7 Å². The lowest BCUT2D eigenvalue weighted by Crippen LogP contribution is -2.55. The number of carbonyl (C=O) groups is 1. The maximum absolute atomic E-state index is 12.7. The summed E-state index contributed by atoms with van der Waals surface area (Å²) in [5.41, 5.74) is 1.01. The van der Waals surface area contributed by atoms with E-state index in [1.54, 1.807) is 6.20 Å². The largest absolute Gasteiger partial charge is 0.317 e. The third-order valence-electron chi connectivity index (χ3n) is 4.32. The van der Waals surface area contributed by atoms with Gasteiger partial charge < -0.3 is 10.6 Å². The molecule has 3 rings (SSSR count). The molecule has 136 valence electrons. The van der Waals surface area contributed by atoms with Gasteiger partial charge in [0, 0.05) is 12.5 Å². The molecule has 0 atom stereocenters. The number of halogens is 1. The van der Waals surface area contributed by atoms with E-state index in [9.17, 15) is 13.2 Å². The van der Waals surface area contributed by atoms with E-state index >= 15 is 0 Å². The second-order valence-corrected chi connectivity index (χ2v) is 9.22. The number of piperidine rings is 1. The minimum Gasteiger partial charge on any atom is -0.317 e. The molecule has 1 aliphatic heterocycles. The summed E-state index contributed by atoms with van der Waals surface area (Å²) in [6, 6.07) is 9.72. The average molecular weight is 402 g/mol. The molecule has 9 heteroatoms. The number of thiazole rings is 1. The maximum Gasteiger partial charge on any atom is 0.247 e. The highest BCUT2D eigenvalue weighted by atomic mass is 35.5. The number of sulfone groups is 1. The topological polar surface area (TPSA) is 88.2 Å². The van der Waals surface area contributed by atoms with Gasteiger partial charge in [0.05, 0.1) is 4.88 Å². The van der Waals surface area contributed by atoms with Crippen LogP contribution in [0, 0.1) is 0 Å². The number of hydrogen-bond donors (Lipinski definition) is 2. The number of hydrogen-bond acceptors (Lipinski definition) is 6. The molecule has 2 aromatic rings. The quantitative estimate of drug-likeness (QED) is 0.820. The van der Waals surface area contributed by atoms with Crippen molar-refractivity contribution in [3.05, 3.63) is 36.5 Å². The molecule has 1 fully saturated rings. The van der Waals surface area contributed by atoms with Crippen molar-refractivity contribution in [3.8, 4) is 10.4 Å². The van der Waals surface area contributed by atoms with E-state index in [4.69, 9.17) is 0 Å². The van der Waals surface area contributed by atoms with Crippen molar-refractivity contribution in [2.75, 3.05) is 24.7 Å². The number of rotatable bonds is 4. The fourth-order valence-electron chi connectivity index (χ4n) is 2.88. The van der Waals surface area contributed by atoms with Crippen LogP contribution in [0.4, 0.5) is 5.13 Å². The van der Waals surface area contributed by atoms with Crippen molar-refractivity contribution in [1.82, 2.24) is 10.3 Å². The highest BCUT2D eigenvalue weighted by Crippen LogP contribution is 2.32. The Morgan fingerprint density at radius 1 is 1.24 bits per heavy atom. The molecule has 0 saturated carbocycles. The van der Waals surface area contributed by atoms with Crippen LogP contribution in [0.2, 0.25) is 0 Å². The first-order chi connectivity index (χ1) is 11.4. The summed E-state index contributed by atoms with van der Waals surface area (Å²) in [5, 5.41) is 6.23. The molecule has 1 aromatic heterocycles. The molecule has 6 nitrogen and oxygen atoms in total. The predicted molar refractivity (Wildman–Crippen MR) is 103 cm³/mol. The molecule has 2 heterocycles. The number of anilines is 1. The number of amides is 1. The van der Waals surface area contributed by atoms with Crippen molar-refractivity contribution < 1.29 is 13.2 Å². The molecule has 0 radical (unpaired) electrons. The summed E-state index contributed by atoms with van der Waals surface area (Å²) in [7, 11) is -3.53. The number of carbonyl (C=O) groups excluding carboxylic acids is 1. The van der Waals surface area contributed by atoms with Crippen LogP contribution in [0.25, 0.3) is 10.4 Å². The Hall–Kier alpha value is -1.48. The zero-order valence-corrected chi connectivity index (χ0v) is 16.1. The van der Waals surface area contributed by atoms with E-state index in [0.717, 1.165) is 16.7 Å². The van der Waals surface area contributed by atoms with Gasteiger partial charge in [-0.25, -0.2) is 13.4 Å². The molecule has 0 bridgehead atoms. The van der Waals surface area contributed by atoms with Crippen molar-refractivity contribution in [2.24, 2.45) is 0 Å². The first-order valence-electron chi connectivity index (χ1n) is 7.65. The molecule has 25 heavy (non-hydrogen) atoms. The first-order valence-corrected chi connectivity index (χ1v) is 10.4. The third kappa shape index (κ3) is 4.03. The third-order valence-corrected chi connectivity index (χ3v) is 7.29. The van der Waals surface area contributed by atoms with Crippen LogP contribution < -0.4 is 10.6 Å². The Morgan fingerprint density at radius 3 is 2.48 bits per heavy atom. The molecule has 0 spiro atoms. The molecule has 1 saturated heterocycles. The molecule has 0 aliphatic carbocycles. The van der Waals surface area contributed by atoms with Crippen molar-refractivity contribution >= 4 is 44.6 Å². The Balaban J connectivity index is 0.00000225. The van der Waals surface area contributed by atoms with Crippen LogP contribution in [-0.2, 0) is 14.6 Å². The normalized spacial score (nSPS) is 16.7. The molecular formula is C16H20ClN3O3S2. The van der Waals surface area contributed by atoms with Crippen molar-refractivity contribution in [1.29, 1.82) is 0 Å². The van der Waals surface area contributed by atoms with Crippen LogP contribution >= 0.6 is 23.7 Å². The van der Waals surface area contributed by atoms with E-state index in [-0.39, 0.29) is 25.2 Å². The van der Waals surface area contributed by atoms with E-state index in [1.807, 2.05) is 30.3 Å². The van der Waals surface area contributed by atoms with Crippen molar-refractivity contribution in [3.63, 3.8) is 0 Å². The summed E-state index contributed by atoms with van der Waals surface area (Å²) in [4.78, 5) is 17.9. The highest BCUT2D eigenvalue weighted by molar-refractivity contribution is 7.92. The summed E-state index contributed by atoms with van der Waals surface area (Å²) < 4.78 is 23.1. The molecular weight excluding hydrogens is 382 g/mol. The lowest BCUT2D eigenvalue weighted by Gasteiger charge is -2.33. The summed E-state index contributed by atoms with van der Waals surface area (Å²) in [6.07, 6.45) is 3.36. The van der Waals surface area contributed by atoms with Gasteiger partial charge in [0.15, 0.2) is 19.7 Å². The lowest BCUT2D eigenvalue weighted by molar-refractivity contribution is -0.119. The minimum absolute atomic E-state index is 0. The number of benzene rings is 1. The second kappa shape index (κ2) is 7.82. The van der Waals surface area contributed by atoms with Crippen LogP contribution in [0.1, 0.15) is 12.8 Å². The van der Waals surface area contributed by atoms with Gasteiger partial charge in [-0.2, -0.15) is 0 Å². The molecule has 1 amide bonds. The fraction of sp³-hybridized carbons (Fsp3) is 0.375. The van der Waals surface area contributed by atoms with E-state index < -0.39 is 20.5 Å². The van der Waals surface area contributed by atoms with Gasteiger partial charge in [0.1, 0.15) is 0 Å². The van der Waals surface area contributed by atoms with E-state index in [2.05, 4.69) is 15.6 Å². The fourth-order valence-corrected chi connectivity index (χ4v) is 5.03. The number of aromatic nitrogens is 1. The summed E-state index contributed by atoms with van der Waals surface area (Å²) >= 11 is 1.33. The monoisotopic (exact) mass is 401 g/mol. The number of nitrogens with one attached hydrogen (secondary N) is 2. The summed E-state index contributed by atoms with van der Waals surface area (Å²) in [5.74, 6) is -0.486. The molecule has 1 aromatic carbocycles. The van der Waals surface area contributed by atoms with E-state index in [0.29, 0.717) is 18.2 Å². The van der Waals surface area contributed by atoms with Gasteiger partial charge in [-0.15, -0.1) is 12.4 Å². The maximum atomic E-state index is 12.7. The average Bonchev–Trinajstić information content (AvgIpc) is 3.04. The Morgan fingerprint density at radius 2 is 1.88 bits per heavy atom. The predicted octanol–water partition coefficient (Wildman–Crippen LogP) is 2.34. The second-order valence-electron chi connectivity index (χ2n) is 5.87.